The monoisotopic (exact) mass is 368 g/mol. The maximum Gasteiger partial charge on any atom is 0.258 e. The Bertz CT molecular complexity index is 900. The molecular formula is C20H17ClN2O3. The third kappa shape index (κ3) is 3.00. The van der Waals surface area contributed by atoms with Crippen molar-refractivity contribution < 1.29 is 14.3 Å². The lowest BCUT2D eigenvalue weighted by molar-refractivity contribution is -0.111. The molecule has 6 heteroatoms. The van der Waals surface area contributed by atoms with Gasteiger partial charge in [-0.15, -0.1) is 0 Å². The number of allylic oxidation sites excluding steroid dienone is 1. The van der Waals surface area contributed by atoms with Crippen LogP contribution in [0.4, 0.5) is 5.69 Å². The summed E-state index contributed by atoms with van der Waals surface area (Å²) < 4.78 is 5.39. The maximum atomic E-state index is 13.0. The molecule has 2 aromatic rings. The molecule has 1 amide bonds. The quantitative estimate of drug-likeness (QED) is 0.903. The van der Waals surface area contributed by atoms with Crippen molar-refractivity contribution in [2.75, 3.05) is 31.6 Å². The van der Waals surface area contributed by atoms with Gasteiger partial charge < -0.3 is 15.0 Å². The maximum absolute atomic E-state index is 13.0. The Hall–Kier alpha value is -2.63. The fourth-order valence-corrected chi connectivity index (χ4v) is 3.44. The summed E-state index contributed by atoms with van der Waals surface area (Å²) in [5.74, 6) is -0.407. The molecule has 0 atom stereocenters. The fraction of sp³-hybridized carbons (Fsp3) is 0.200. The first-order valence-electron chi connectivity index (χ1n) is 8.43. The number of fused-ring (bicyclic) bond motifs is 1. The number of hydrogen-bond acceptors (Lipinski definition) is 4. The molecule has 0 bridgehead atoms. The number of carbonyl (C=O) groups is 2. The van der Waals surface area contributed by atoms with Crippen molar-refractivity contribution in [2.24, 2.45) is 0 Å². The normalized spacial score (nSPS) is 16.7. The number of anilines is 1. The molecule has 1 fully saturated rings. The van der Waals surface area contributed by atoms with E-state index in [-0.39, 0.29) is 11.7 Å². The van der Waals surface area contributed by atoms with Gasteiger partial charge in [-0.25, -0.2) is 0 Å². The van der Waals surface area contributed by atoms with Crippen molar-refractivity contribution in [2.45, 2.75) is 0 Å². The third-order valence-electron chi connectivity index (χ3n) is 4.55. The highest BCUT2D eigenvalue weighted by atomic mass is 35.5. The van der Waals surface area contributed by atoms with E-state index in [0.29, 0.717) is 59.4 Å². The highest BCUT2D eigenvalue weighted by Crippen LogP contribution is 2.35. The van der Waals surface area contributed by atoms with E-state index in [2.05, 4.69) is 5.32 Å². The van der Waals surface area contributed by atoms with Crippen LogP contribution in [0.15, 0.2) is 54.2 Å². The topological polar surface area (TPSA) is 58.6 Å². The molecule has 1 N–H and O–H groups in total. The van der Waals surface area contributed by atoms with Crippen molar-refractivity contribution in [3.63, 3.8) is 0 Å². The number of rotatable bonds is 3. The van der Waals surface area contributed by atoms with Gasteiger partial charge in [-0.3, -0.25) is 9.59 Å². The first kappa shape index (κ1) is 16.8. The summed E-state index contributed by atoms with van der Waals surface area (Å²) in [6.07, 6.45) is 0. The average molecular weight is 369 g/mol. The molecule has 0 unspecified atom stereocenters. The number of morpholine rings is 1. The van der Waals surface area contributed by atoms with Crippen LogP contribution in [0, 0.1) is 0 Å². The lowest BCUT2D eigenvalue weighted by atomic mass is 10.0. The molecule has 0 spiro atoms. The van der Waals surface area contributed by atoms with E-state index in [4.69, 9.17) is 16.3 Å². The molecule has 1 heterocycles. The lowest BCUT2D eigenvalue weighted by Gasteiger charge is -2.29. The number of carbonyl (C=O) groups excluding carboxylic acids is 2. The second-order valence-corrected chi connectivity index (χ2v) is 6.60. The van der Waals surface area contributed by atoms with Gasteiger partial charge >= 0.3 is 0 Å². The summed E-state index contributed by atoms with van der Waals surface area (Å²) in [7, 11) is 0. The van der Waals surface area contributed by atoms with Crippen LogP contribution in [0.1, 0.15) is 15.9 Å². The highest BCUT2D eigenvalue weighted by Gasteiger charge is 2.36. The Balaban J connectivity index is 1.74. The zero-order chi connectivity index (χ0) is 18.1. The van der Waals surface area contributed by atoms with Gasteiger partial charge in [0.15, 0.2) is 0 Å². The van der Waals surface area contributed by atoms with E-state index in [1.54, 1.807) is 30.3 Å². The highest BCUT2D eigenvalue weighted by molar-refractivity contribution is 6.37. The molecule has 1 aliphatic heterocycles. The number of hydrogen-bond donors (Lipinski definition) is 1. The van der Waals surface area contributed by atoms with Crippen LogP contribution < -0.4 is 5.32 Å². The van der Waals surface area contributed by atoms with Crippen LogP contribution >= 0.6 is 11.6 Å². The molecule has 4 rings (SSSR count). The van der Waals surface area contributed by atoms with Crippen molar-refractivity contribution in [3.05, 3.63) is 70.4 Å². The Labute approximate surface area is 156 Å². The number of nitrogens with one attached hydrogen (secondary N) is 1. The minimum atomic E-state index is -0.299. The van der Waals surface area contributed by atoms with Crippen molar-refractivity contribution >= 4 is 34.6 Å². The fourth-order valence-electron chi connectivity index (χ4n) is 3.31. The van der Waals surface area contributed by atoms with E-state index in [1.165, 1.54) is 0 Å². The van der Waals surface area contributed by atoms with E-state index in [0.717, 1.165) is 0 Å². The zero-order valence-corrected chi connectivity index (χ0v) is 14.8. The molecule has 2 aromatic carbocycles. The van der Waals surface area contributed by atoms with Gasteiger partial charge in [-0.1, -0.05) is 35.9 Å². The van der Waals surface area contributed by atoms with Crippen LogP contribution in [0.3, 0.4) is 0 Å². The Morgan fingerprint density at radius 1 is 1.00 bits per heavy atom. The smallest absolute Gasteiger partial charge is 0.258 e. The second kappa shape index (κ2) is 6.94. The van der Waals surface area contributed by atoms with Crippen LogP contribution in [0.5, 0.6) is 0 Å². The first-order valence-corrected chi connectivity index (χ1v) is 8.81. The second-order valence-electron chi connectivity index (χ2n) is 6.16. The molecule has 0 radical (unpaired) electrons. The molecule has 1 aliphatic carbocycles. The van der Waals surface area contributed by atoms with Crippen LogP contribution in [0.2, 0.25) is 5.02 Å². The molecular weight excluding hydrogens is 352 g/mol. The van der Waals surface area contributed by atoms with Gasteiger partial charge in [0.25, 0.3) is 5.91 Å². The van der Waals surface area contributed by atoms with Crippen LogP contribution in [-0.4, -0.2) is 42.9 Å². The number of Topliss-reactive ketones (excluding diaryl/α,β-unsaturated/α-hetero) is 1. The van der Waals surface area contributed by atoms with Crippen LogP contribution in [-0.2, 0) is 9.53 Å². The predicted molar refractivity (Wildman–Crippen MR) is 100 cm³/mol. The third-order valence-corrected chi connectivity index (χ3v) is 4.80. The van der Waals surface area contributed by atoms with E-state index in [9.17, 15) is 9.59 Å². The largest absolute Gasteiger partial charge is 0.378 e. The molecule has 0 saturated carbocycles. The Morgan fingerprint density at radius 2 is 1.65 bits per heavy atom. The molecule has 132 valence electrons. The minimum Gasteiger partial charge on any atom is -0.378 e. The summed E-state index contributed by atoms with van der Waals surface area (Å²) >= 11 is 5.90. The summed E-state index contributed by atoms with van der Waals surface area (Å²) in [6, 6.07) is 14.1. The SMILES string of the molecule is O=C(Nc1ccc(Cl)cc1)C1=C(N2CCOCC2)C(=O)c2ccccc21. The van der Waals surface area contributed by atoms with Crippen molar-refractivity contribution in [1.82, 2.24) is 4.90 Å². The van der Waals surface area contributed by atoms with Crippen molar-refractivity contribution in [3.8, 4) is 0 Å². The Kier molecular flexibility index (Phi) is 4.49. The number of halogens is 1. The number of ketones is 1. The summed E-state index contributed by atoms with van der Waals surface area (Å²) in [6.45, 7) is 2.26. The molecule has 26 heavy (non-hydrogen) atoms. The van der Waals surface area contributed by atoms with Gasteiger partial charge in [-0.05, 0) is 24.3 Å². The summed E-state index contributed by atoms with van der Waals surface area (Å²) in [4.78, 5) is 28.0. The minimum absolute atomic E-state index is 0.108. The lowest BCUT2D eigenvalue weighted by Crippen LogP contribution is -2.38. The molecule has 0 aromatic heterocycles. The van der Waals surface area contributed by atoms with Gasteiger partial charge in [0.05, 0.1) is 24.5 Å². The number of ether oxygens (including phenoxy) is 1. The van der Waals surface area contributed by atoms with Crippen LogP contribution in [0.25, 0.3) is 5.57 Å². The first-order chi connectivity index (χ1) is 12.6. The predicted octanol–water partition coefficient (Wildman–Crippen LogP) is 3.22. The van der Waals surface area contributed by atoms with E-state index >= 15 is 0 Å². The van der Waals surface area contributed by atoms with Gasteiger partial charge in [0.1, 0.15) is 0 Å². The summed E-state index contributed by atoms with van der Waals surface area (Å²) in [5, 5.41) is 3.47. The van der Waals surface area contributed by atoms with Gasteiger partial charge in [0, 0.05) is 34.9 Å². The van der Waals surface area contributed by atoms with Gasteiger partial charge in [0.2, 0.25) is 5.78 Å². The molecule has 2 aliphatic rings. The Morgan fingerprint density at radius 3 is 2.35 bits per heavy atom. The zero-order valence-electron chi connectivity index (χ0n) is 14.0. The summed E-state index contributed by atoms with van der Waals surface area (Å²) in [5.41, 5.74) is 2.74. The van der Waals surface area contributed by atoms with E-state index < -0.39 is 0 Å². The van der Waals surface area contributed by atoms with E-state index in [1.807, 2.05) is 23.1 Å². The van der Waals surface area contributed by atoms with Crippen molar-refractivity contribution in [1.29, 1.82) is 0 Å². The standard InChI is InChI=1S/C20H17ClN2O3/c21-13-5-7-14(8-6-13)22-20(25)17-15-3-1-2-4-16(15)19(24)18(17)23-9-11-26-12-10-23/h1-8H,9-12H2,(H,22,25). The number of benzene rings is 2. The van der Waals surface area contributed by atoms with Gasteiger partial charge in [-0.2, -0.15) is 0 Å². The molecule has 1 saturated heterocycles. The average Bonchev–Trinajstić information content (AvgIpc) is 2.97. The number of nitrogens with zero attached hydrogens (tertiary/aromatic N) is 1. The molecule has 5 nitrogen and oxygen atoms in total. The number of amides is 1.